The topological polar surface area (TPSA) is 70.2 Å². The second-order valence-electron chi connectivity index (χ2n) is 9.50. The van der Waals surface area contributed by atoms with Crippen molar-refractivity contribution in [2.24, 2.45) is 29.6 Å². The lowest BCUT2D eigenvalue weighted by atomic mass is 9.68. The van der Waals surface area contributed by atoms with Crippen molar-refractivity contribution in [2.45, 2.75) is 22.6 Å². The molecule has 3 aromatic rings. The molecule has 3 heterocycles. The van der Waals surface area contributed by atoms with Gasteiger partial charge in [0.15, 0.2) is 0 Å². The Hall–Kier alpha value is -2.06. The molecule has 0 unspecified atom stereocenters. The van der Waals surface area contributed by atoms with E-state index in [1.54, 1.807) is 36.0 Å². The molecule has 2 aliphatic heterocycles. The highest BCUT2D eigenvalue weighted by molar-refractivity contribution is 8.00. The molecule has 34 heavy (non-hydrogen) atoms. The molecular weight excluding hydrogens is 511 g/mol. The average molecular weight is 529 g/mol. The fourth-order valence-corrected chi connectivity index (χ4v) is 10.0. The number of amides is 2. The number of nitrogens with one attached hydrogen (secondary N) is 1. The number of rotatable bonds is 2. The number of fused-ring (bicyclic) bond motifs is 9. The number of thiazole rings is 1. The number of benzene rings is 2. The Balaban J connectivity index is 1.32. The number of thioether (sulfide) groups is 1. The summed E-state index contributed by atoms with van der Waals surface area (Å²) < 4.78 is 0. The Morgan fingerprint density at radius 1 is 0.853 bits per heavy atom. The first kappa shape index (κ1) is 21.2. The van der Waals surface area contributed by atoms with E-state index in [0.717, 1.165) is 21.9 Å². The normalized spacial score (nSPS) is 33.2. The molecule has 2 aromatic carbocycles. The smallest absolute Gasteiger partial charge is 0.305 e. The predicted molar refractivity (Wildman–Crippen MR) is 134 cm³/mol. The second kappa shape index (κ2) is 7.47. The minimum atomic E-state index is -0.318. The number of carbonyl (C=O) groups excluding carboxylic acids is 2. The second-order valence-corrected chi connectivity index (χ2v) is 12.6. The Morgan fingerprint density at radius 3 is 2.15 bits per heavy atom. The molecule has 2 amide bonds. The molecule has 0 radical (unpaired) electrons. The summed E-state index contributed by atoms with van der Waals surface area (Å²) in [7, 11) is 0. The van der Waals surface area contributed by atoms with Crippen molar-refractivity contribution in [2.75, 3.05) is 4.90 Å². The minimum absolute atomic E-state index is 0.00546. The van der Waals surface area contributed by atoms with Gasteiger partial charge in [0, 0.05) is 26.1 Å². The van der Waals surface area contributed by atoms with Crippen LogP contribution in [0.15, 0.2) is 58.4 Å². The molecule has 2 aliphatic carbocycles. The van der Waals surface area contributed by atoms with Gasteiger partial charge in [-0.05, 0) is 66.1 Å². The Morgan fingerprint density at radius 2 is 1.47 bits per heavy atom. The Labute approximate surface area is 213 Å². The van der Waals surface area contributed by atoms with E-state index in [0.29, 0.717) is 15.7 Å². The van der Waals surface area contributed by atoms with Crippen LogP contribution in [0.4, 0.5) is 5.69 Å². The lowest BCUT2D eigenvalue weighted by Crippen LogP contribution is -2.42. The van der Waals surface area contributed by atoms with Gasteiger partial charge in [-0.1, -0.05) is 46.7 Å². The van der Waals surface area contributed by atoms with Crippen molar-refractivity contribution < 1.29 is 9.59 Å². The summed E-state index contributed by atoms with van der Waals surface area (Å²) in [6.07, 6.45) is 0.868. The van der Waals surface area contributed by atoms with E-state index < -0.39 is 0 Å². The zero-order valence-corrected chi connectivity index (χ0v) is 20.8. The average Bonchev–Trinajstić information content (AvgIpc) is 3.54. The third-order valence-electron chi connectivity index (χ3n) is 8.04. The van der Waals surface area contributed by atoms with Gasteiger partial charge in [-0.25, -0.2) is 0 Å². The van der Waals surface area contributed by atoms with Gasteiger partial charge in [0.05, 0.1) is 22.5 Å². The number of aromatic amines is 1. The summed E-state index contributed by atoms with van der Waals surface area (Å²) in [6, 6.07) is 14.7. The van der Waals surface area contributed by atoms with Crippen LogP contribution in [0.1, 0.15) is 22.8 Å². The van der Waals surface area contributed by atoms with Gasteiger partial charge in [0.25, 0.3) is 0 Å². The van der Waals surface area contributed by atoms with Gasteiger partial charge in [-0.2, -0.15) is 0 Å². The van der Waals surface area contributed by atoms with Crippen LogP contribution in [0.2, 0.25) is 10.0 Å². The van der Waals surface area contributed by atoms with Gasteiger partial charge < -0.3 is 4.98 Å². The van der Waals surface area contributed by atoms with Crippen LogP contribution in [-0.4, -0.2) is 22.0 Å². The zero-order valence-electron chi connectivity index (χ0n) is 17.6. The number of imide groups is 1. The monoisotopic (exact) mass is 528 g/mol. The highest BCUT2D eigenvalue weighted by Crippen LogP contribution is 2.68. The Bertz CT molecular complexity index is 1400. The summed E-state index contributed by atoms with van der Waals surface area (Å²) in [6.45, 7) is 0. The predicted octanol–water partition coefficient (Wildman–Crippen LogP) is 5.42. The molecule has 2 saturated carbocycles. The van der Waals surface area contributed by atoms with Crippen LogP contribution in [0.3, 0.4) is 0 Å². The lowest BCUT2D eigenvalue weighted by Gasteiger charge is -2.43. The third kappa shape index (κ3) is 2.84. The Kier molecular flexibility index (Phi) is 4.67. The van der Waals surface area contributed by atoms with Crippen molar-refractivity contribution in [3.8, 4) is 0 Å². The van der Waals surface area contributed by atoms with Crippen LogP contribution in [-0.2, 0) is 9.59 Å². The molecule has 4 aliphatic rings. The number of H-pyrrole nitrogens is 1. The van der Waals surface area contributed by atoms with E-state index >= 15 is 0 Å². The SMILES string of the molecule is O=C1[C@H]2[C@H]3C[C@@H]([C@@H]4Sc5[nH]c(=O)sc5[C@H](c5ccc(Cl)cc5)[C@@H]34)[C@@H]2C(=O)N1c1ccc(Cl)cc1. The maximum Gasteiger partial charge on any atom is 0.305 e. The van der Waals surface area contributed by atoms with Crippen molar-refractivity contribution in [3.05, 3.63) is 78.7 Å². The fourth-order valence-electron chi connectivity index (χ4n) is 6.90. The van der Waals surface area contributed by atoms with Crippen LogP contribution < -0.4 is 9.77 Å². The maximum atomic E-state index is 13.7. The van der Waals surface area contributed by atoms with Crippen LogP contribution in [0, 0.1) is 29.6 Å². The van der Waals surface area contributed by atoms with E-state index in [4.69, 9.17) is 23.2 Å². The highest BCUT2D eigenvalue weighted by atomic mass is 35.5. The van der Waals surface area contributed by atoms with E-state index in [-0.39, 0.29) is 57.4 Å². The number of anilines is 1. The molecule has 3 fully saturated rings. The summed E-state index contributed by atoms with van der Waals surface area (Å²) >= 11 is 15.2. The first-order valence-corrected chi connectivity index (χ1v) is 13.7. The molecule has 9 heteroatoms. The molecule has 172 valence electrons. The molecule has 7 atom stereocenters. The van der Waals surface area contributed by atoms with E-state index in [2.05, 4.69) is 4.98 Å². The van der Waals surface area contributed by atoms with Crippen LogP contribution >= 0.6 is 46.3 Å². The molecule has 2 bridgehead atoms. The summed E-state index contributed by atoms with van der Waals surface area (Å²) in [5.41, 5.74) is 1.69. The lowest BCUT2D eigenvalue weighted by molar-refractivity contribution is -0.123. The van der Waals surface area contributed by atoms with Crippen molar-refractivity contribution in [1.82, 2.24) is 4.98 Å². The standard InChI is InChI=1S/C25H18Cl2N2O3S2/c26-11-3-1-10(2-4-11)16-17-14-9-15(20(17)33-22-21(16)34-25(32)28-22)19-18(14)23(30)29(24(19)31)13-7-5-12(27)6-8-13/h1-8,14-20H,9H2,(H,28,32)/t14-,15+,16+,17+,18-,19-,20-/m0/s1. The number of hydrogen-bond acceptors (Lipinski definition) is 5. The highest BCUT2D eigenvalue weighted by Gasteiger charge is 2.69. The first-order valence-electron chi connectivity index (χ1n) is 11.2. The summed E-state index contributed by atoms with van der Waals surface area (Å²) in [4.78, 5) is 44.9. The van der Waals surface area contributed by atoms with E-state index in [1.165, 1.54) is 16.2 Å². The van der Waals surface area contributed by atoms with Gasteiger partial charge >= 0.3 is 4.87 Å². The van der Waals surface area contributed by atoms with E-state index in [9.17, 15) is 14.4 Å². The van der Waals surface area contributed by atoms with E-state index in [1.807, 2.05) is 24.3 Å². The number of nitrogens with zero attached hydrogens (tertiary/aromatic N) is 1. The number of carbonyl (C=O) groups is 2. The summed E-state index contributed by atoms with van der Waals surface area (Å²) in [5, 5.41) is 2.31. The van der Waals surface area contributed by atoms with Crippen molar-refractivity contribution in [3.63, 3.8) is 0 Å². The van der Waals surface area contributed by atoms with Gasteiger partial charge in [-0.3, -0.25) is 19.3 Å². The largest absolute Gasteiger partial charge is 0.307 e. The third-order valence-corrected chi connectivity index (χ3v) is 11.1. The molecule has 1 saturated heterocycles. The molecule has 1 aromatic heterocycles. The minimum Gasteiger partial charge on any atom is -0.307 e. The molecule has 7 rings (SSSR count). The molecule has 1 N–H and O–H groups in total. The zero-order chi connectivity index (χ0) is 23.3. The molecule has 0 spiro atoms. The maximum absolute atomic E-state index is 13.7. The first-order chi connectivity index (χ1) is 16.4. The van der Waals surface area contributed by atoms with Crippen molar-refractivity contribution in [1.29, 1.82) is 0 Å². The number of halogens is 2. The van der Waals surface area contributed by atoms with Gasteiger partial charge in [0.2, 0.25) is 11.8 Å². The van der Waals surface area contributed by atoms with Gasteiger partial charge in [0.1, 0.15) is 0 Å². The van der Waals surface area contributed by atoms with Crippen LogP contribution in [0.25, 0.3) is 0 Å². The van der Waals surface area contributed by atoms with Crippen LogP contribution in [0.5, 0.6) is 0 Å². The number of aromatic nitrogens is 1. The molecular formula is C25H18Cl2N2O3S2. The fraction of sp³-hybridized carbons (Fsp3) is 0.320. The van der Waals surface area contributed by atoms with Gasteiger partial charge in [-0.15, -0.1) is 11.8 Å². The van der Waals surface area contributed by atoms with Crippen molar-refractivity contribution >= 4 is 63.8 Å². The quantitative estimate of drug-likeness (QED) is 0.450. The summed E-state index contributed by atoms with van der Waals surface area (Å²) in [5.74, 6) is -0.448. The molecule has 5 nitrogen and oxygen atoms in total. The number of hydrogen-bond donors (Lipinski definition) is 1.